The van der Waals surface area contributed by atoms with Crippen LogP contribution < -0.4 is 4.74 Å². The Balaban J connectivity index is 1.93. The number of methoxy groups -OCH3 is 1. The molecule has 0 amide bonds. The van der Waals surface area contributed by atoms with Crippen molar-refractivity contribution >= 4 is 12.9 Å². The molecule has 1 aliphatic heterocycles. The van der Waals surface area contributed by atoms with Gasteiger partial charge in [-0.15, -0.1) is 0 Å². The standard InChI is InChI=1S/C22H27BO4/c1-21(2)22(3,4)27-23(26-21)19(17-12-9-13-18(14-17)25-5)15-20(24)16-10-7-6-8-11-16/h6-14,19H,15H2,1-5H3/t19-/m1/s1. The fraction of sp³-hybridized carbons (Fsp3) is 0.409. The van der Waals surface area contributed by atoms with Crippen LogP contribution in [0.15, 0.2) is 54.6 Å². The zero-order chi connectivity index (χ0) is 19.7. The highest BCUT2D eigenvalue weighted by Gasteiger charge is 2.54. The van der Waals surface area contributed by atoms with Gasteiger partial charge in [0.05, 0.1) is 18.3 Å². The maximum atomic E-state index is 12.9. The molecule has 5 heteroatoms. The topological polar surface area (TPSA) is 44.8 Å². The molecule has 1 saturated heterocycles. The van der Waals surface area contributed by atoms with Gasteiger partial charge in [-0.2, -0.15) is 0 Å². The van der Waals surface area contributed by atoms with Crippen LogP contribution in [0.5, 0.6) is 5.75 Å². The van der Waals surface area contributed by atoms with Crippen LogP contribution in [-0.2, 0) is 9.31 Å². The molecule has 1 fully saturated rings. The predicted molar refractivity (Wildman–Crippen MR) is 107 cm³/mol. The molecule has 0 spiro atoms. The van der Waals surface area contributed by atoms with E-state index in [9.17, 15) is 4.79 Å². The second-order valence-electron chi connectivity index (χ2n) is 8.00. The van der Waals surface area contributed by atoms with Crippen molar-refractivity contribution in [3.05, 3.63) is 65.7 Å². The van der Waals surface area contributed by atoms with Crippen molar-refractivity contribution in [2.45, 2.75) is 51.1 Å². The smallest absolute Gasteiger partial charge is 0.466 e. The Bertz CT molecular complexity index is 785. The Kier molecular flexibility index (Phi) is 5.45. The third-order valence-electron chi connectivity index (χ3n) is 5.62. The largest absolute Gasteiger partial charge is 0.497 e. The number of hydrogen-bond acceptors (Lipinski definition) is 4. The number of carbonyl (C=O) groups excluding carboxylic acids is 1. The number of ketones is 1. The average Bonchev–Trinajstić information content (AvgIpc) is 2.87. The number of benzene rings is 2. The minimum Gasteiger partial charge on any atom is -0.497 e. The lowest BCUT2D eigenvalue weighted by Crippen LogP contribution is -2.41. The number of ether oxygens (including phenoxy) is 1. The van der Waals surface area contributed by atoms with Gasteiger partial charge in [-0.05, 0) is 45.4 Å². The van der Waals surface area contributed by atoms with E-state index in [0.717, 1.165) is 11.3 Å². The highest BCUT2D eigenvalue weighted by molar-refractivity contribution is 6.48. The Hall–Kier alpha value is -2.11. The summed E-state index contributed by atoms with van der Waals surface area (Å²) in [7, 11) is 1.13. The van der Waals surface area contributed by atoms with Crippen LogP contribution in [0.1, 0.15) is 55.9 Å². The summed E-state index contributed by atoms with van der Waals surface area (Å²) >= 11 is 0. The molecule has 0 aliphatic carbocycles. The summed E-state index contributed by atoms with van der Waals surface area (Å²) in [4.78, 5) is 12.9. The third kappa shape index (κ3) is 4.09. The van der Waals surface area contributed by atoms with Crippen molar-refractivity contribution in [2.24, 2.45) is 0 Å². The summed E-state index contributed by atoms with van der Waals surface area (Å²) in [6.45, 7) is 8.09. The van der Waals surface area contributed by atoms with Crippen LogP contribution >= 0.6 is 0 Å². The summed E-state index contributed by atoms with van der Waals surface area (Å²) in [5.74, 6) is 0.591. The first-order chi connectivity index (χ1) is 12.7. The highest BCUT2D eigenvalue weighted by Crippen LogP contribution is 2.42. The Labute approximate surface area is 162 Å². The summed E-state index contributed by atoms with van der Waals surface area (Å²) in [6.07, 6.45) is 0.300. The molecule has 142 valence electrons. The summed E-state index contributed by atoms with van der Waals surface area (Å²) < 4.78 is 17.9. The first kappa shape index (κ1) is 19.7. The van der Waals surface area contributed by atoms with Crippen molar-refractivity contribution in [2.75, 3.05) is 7.11 Å². The van der Waals surface area contributed by atoms with Gasteiger partial charge in [0.1, 0.15) is 5.75 Å². The van der Waals surface area contributed by atoms with Crippen molar-refractivity contribution in [1.82, 2.24) is 0 Å². The van der Waals surface area contributed by atoms with Gasteiger partial charge >= 0.3 is 7.12 Å². The van der Waals surface area contributed by atoms with Gasteiger partial charge in [-0.3, -0.25) is 4.79 Å². The van der Waals surface area contributed by atoms with Gasteiger partial charge in [0.2, 0.25) is 0 Å². The van der Waals surface area contributed by atoms with Gasteiger partial charge in [0, 0.05) is 17.8 Å². The van der Waals surface area contributed by atoms with Crippen LogP contribution in [0.4, 0.5) is 0 Å². The molecule has 0 unspecified atom stereocenters. The third-order valence-corrected chi connectivity index (χ3v) is 5.62. The normalized spacial score (nSPS) is 18.9. The van der Waals surface area contributed by atoms with E-state index in [1.54, 1.807) is 7.11 Å². The van der Waals surface area contributed by atoms with Crippen molar-refractivity contribution in [3.8, 4) is 5.75 Å². The van der Waals surface area contributed by atoms with Gasteiger partial charge in [-0.1, -0.05) is 42.5 Å². The molecule has 0 saturated carbocycles. The molecule has 4 nitrogen and oxygen atoms in total. The lowest BCUT2D eigenvalue weighted by molar-refractivity contribution is 0.00578. The SMILES string of the molecule is COc1cccc([C@@H](CC(=O)c2ccccc2)B2OC(C)(C)C(C)(C)O2)c1. The minimum absolute atomic E-state index is 0.0677. The Morgan fingerprint density at radius 1 is 1.00 bits per heavy atom. The Morgan fingerprint density at radius 2 is 1.63 bits per heavy atom. The molecule has 2 aromatic carbocycles. The molecule has 1 heterocycles. The van der Waals surface area contributed by atoms with E-state index in [0.29, 0.717) is 12.0 Å². The van der Waals surface area contributed by atoms with E-state index in [-0.39, 0.29) is 11.6 Å². The van der Waals surface area contributed by atoms with E-state index in [2.05, 4.69) is 0 Å². The maximum Gasteiger partial charge on any atom is 0.466 e. The van der Waals surface area contributed by atoms with Gasteiger partial charge < -0.3 is 14.0 Å². The van der Waals surface area contributed by atoms with Crippen LogP contribution in [0, 0.1) is 0 Å². The summed E-state index contributed by atoms with van der Waals surface area (Å²) in [5.41, 5.74) is 0.758. The Morgan fingerprint density at radius 3 is 2.22 bits per heavy atom. The number of Topliss-reactive ketones (excluding diaryl/α,β-unsaturated/α-hetero) is 1. The van der Waals surface area contributed by atoms with Crippen molar-refractivity contribution in [3.63, 3.8) is 0 Å². The quantitative estimate of drug-likeness (QED) is 0.550. The zero-order valence-electron chi connectivity index (χ0n) is 16.7. The fourth-order valence-corrected chi connectivity index (χ4v) is 3.24. The molecule has 1 aliphatic rings. The van der Waals surface area contributed by atoms with Gasteiger partial charge in [-0.25, -0.2) is 0 Å². The van der Waals surface area contributed by atoms with E-state index in [4.69, 9.17) is 14.0 Å². The number of hydrogen-bond donors (Lipinski definition) is 0. The molecular weight excluding hydrogens is 339 g/mol. The first-order valence-electron chi connectivity index (χ1n) is 9.31. The monoisotopic (exact) mass is 366 g/mol. The minimum atomic E-state index is -0.505. The molecule has 1 atom stereocenters. The van der Waals surface area contributed by atoms with Crippen molar-refractivity contribution in [1.29, 1.82) is 0 Å². The van der Waals surface area contributed by atoms with Gasteiger partial charge in [0.25, 0.3) is 0 Å². The number of rotatable bonds is 6. The maximum absolute atomic E-state index is 12.9. The first-order valence-corrected chi connectivity index (χ1v) is 9.31. The van der Waals surface area contributed by atoms with Crippen LogP contribution in [0.25, 0.3) is 0 Å². The molecule has 0 aromatic heterocycles. The second kappa shape index (κ2) is 7.49. The second-order valence-corrected chi connectivity index (χ2v) is 8.00. The summed E-state index contributed by atoms with van der Waals surface area (Å²) in [5, 5.41) is 0. The molecule has 0 radical (unpaired) electrons. The number of carbonyl (C=O) groups is 1. The molecule has 3 rings (SSSR count). The zero-order valence-corrected chi connectivity index (χ0v) is 16.7. The van der Waals surface area contributed by atoms with Gasteiger partial charge in [0.15, 0.2) is 5.78 Å². The highest BCUT2D eigenvalue weighted by atomic mass is 16.7. The molecular formula is C22H27BO4. The predicted octanol–water partition coefficient (Wildman–Crippen LogP) is 4.68. The molecule has 0 N–H and O–H groups in total. The van der Waals surface area contributed by atoms with Crippen LogP contribution in [-0.4, -0.2) is 31.2 Å². The summed E-state index contributed by atoms with van der Waals surface area (Å²) in [6, 6.07) is 17.1. The lowest BCUT2D eigenvalue weighted by Gasteiger charge is -2.32. The van der Waals surface area contributed by atoms with E-state index in [1.807, 2.05) is 82.3 Å². The fourth-order valence-electron chi connectivity index (χ4n) is 3.24. The van der Waals surface area contributed by atoms with Crippen molar-refractivity contribution < 1.29 is 18.8 Å². The van der Waals surface area contributed by atoms with E-state index >= 15 is 0 Å². The lowest BCUT2D eigenvalue weighted by atomic mass is 9.65. The molecule has 0 bridgehead atoms. The molecule has 2 aromatic rings. The average molecular weight is 366 g/mol. The molecule has 27 heavy (non-hydrogen) atoms. The van der Waals surface area contributed by atoms with E-state index in [1.165, 1.54) is 0 Å². The van der Waals surface area contributed by atoms with Crippen LogP contribution in [0.2, 0.25) is 0 Å². The van der Waals surface area contributed by atoms with Crippen LogP contribution in [0.3, 0.4) is 0 Å². The van der Waals surface area contributed by atoms with E-state index < -0.39 is 18.3 Å².